The molecule has 0 atom stereocenters. The number of aliphatic hydroxyl groups is 1. The molecule has 2 aromatic rings. The van der Waals surface area contributed by atoms with Gasteiger partial charge in [-0.1, -0.05) is 30.3 Å². The second kappa shape index (κ2) is 6.13. The van der Waals surface area contributed by atoms with Crippen LogP contribution in [0.15, 0.2) is 47.4 Å². The first-order chi connectivity index (χ1) is 9.91. The minimum absolute atomic E-state index is 0.00292. The molecule has 6 nitrogen and oxygen atoms in total. The van der Waals surface area contributed by atoms with Crippen LogP contribution in [-0.2, 0) is 23.2 Å². The summed E-state index contributed by atoms with van der Waals surface area (Å²) in [6.45, 7) is 0.473. The molecule has 0 saturated heterocycles. The lowest BCUT2D eigenvalue weighted by atomic mass is 10.1. The lowest BCUT2D eigenvalue weighted by Gasteiger charge is -2.12. The van der Waals surface area contributed by atoms with Crippen LogP contribution in [0.4, 0.5) is 11.4 Å². The van der Waals surface area contributed by atoms with E-state index in [1.807, 2.05) is 24.3 Å². The lowest BCUT2D eigenvalue weighted by molar-refractivity contribution is 0.282. The molecule has 0 aliphatic heterocycles. The zero-order valence-electron chi connectivity index (χ0n) is 11.3. The molecular formula is C14H17N3O3S. The van der Waals surface area contributed by atoms with E-state index in [0.29, 0.717) is 12.2 Å². The number of primary sulfonamides is 1. The molecule has 21 heavy (non-hydrogen) atoms. The van der Waals surface area contributed by atoms with Gasteiger partial charge in [0.25, 0.3) is 0 Å². The van der Waals surface area contributed by atoms with Crippen molar-refractivity contribution in [2.45, 2.75) is 18.0 Å². The number of benzene rings is 2. The fraction of sp³-hybridized carbons (Fsp3) is 0.143. The van der Waals surface area contributed by atoms with Gasteiger partial charge in [-0.15, -0.1) is 0 Å². The van der Waals surface area contributed by atoms with E-state index in [2.05, 4.69) is 5.32 Å². The van der Waals surface area contributed by atoms with Crippen LogP contribution in [0.1, 0.15) is 11.1 Å². The third-order valence-electron chi connectivity index (χ3n) is 3.06. The topological polar surface area (TPSA) is 118 Å². The summed E-state index contributed by atoms with van der Waals surface area (Å²) in [6.07, 6.45) is 0. The van der Waals surface area contributed by atoms with Crippen molar-refractivity contribution in [3.63, 3.8) is 0 Å². The average Bonchev–Trinajstić information content (AvgIpc) is 2.45. The Balaban J connectivity index is 2.16. The number of para-hydroxylation sites is 1. The highest BCUT2D eigenvalue weighted by atomic mass is 32.2. The molecule has 0 saturated carbocycles. The molecule has 0 heterocycles. The Bertz CT molecular complexity index is 728. The van der Waals surface area contributed by atoms with E-state index in [9.17, 15) is 8.42 Å². The number of aliphatic hydroxyl groups excluding tert-OH is 1. The van der Waals surface area contributed by atoms with Gasteiger partial charge in [-0.25, -0.2) is 13.6 Å². The molecule has 6 N–H and O–H groups in total. The first-order valence-corrected chi connectivity index (χ1v) is 7.80. The third-order valence-corrected chi connectivity index (χ3v) is 4.03. The SMILES string of the molecule is Nc1c(NCc2ccc(CO)cc2)cccc1S(N)(=O)=O. The number of nitrogens with one attached hydrogen (secondary N) is 1. The van der Waals surface area contributed by atoms with E-state index in [1.165, 1.54) is 6.07 Å². The van der Waals surface area contributed by atoms with Crippen LogP contribution in [0.25, 0.3) is 0 Å². The minimum atomic E-state index is -3.84. The summed E-state index contributed by atoms with van der Waals surface area (Å²) in [6, 6.07) is 12.0. The molecule has 2 aromatic carbocycles. The Hall–Kier alpha value is -2.09. The van der Waals surface area contributed by atoms with Crippen LogP contribution < -0.4 is 16.2 Å². The highest BCUT2D eigenvalue weighted by Gasteiger charge is 2.14. The van der Waals surface area contributed by atoms with Crippen LogP contribution in [0.2, 0.25) is 0 Å². The van der Waals surface area contributed by atoms with E-state index >= 15 is 0 Å². The van der Waals surface area contributed by atoms with Gasteiger partial charge in [0.1, 0.15) is 4.90 Å². The van der Waals surface area contributed by atoms with Crippen molar-refractivity contribution >= 4 is 21.4 Å². The van der Waals surface area contributed by atoms with Crippen LogP contribution >= 0.6 is 0 Å². The number of rotatable bonds is 5. The van der Waals surface area contributed by atoms with Crippen molar-refractivity contribution < 1.29 is 13.5 Å². The van der Waals surface area contributed by atoms with E-state index < -0.39 is 10.0 Å². The molecule has 0 aliphatic carbocycles. The summed E-state index contributed by atoms with van der Waals surface area (Å²) in [5.41, 5.74) is 8.24. The van der Waals surface area contributed by atoms with E-state index in [1.54, 1.807) is 12.1 Å². The molecule has 0 aliphatic rings. The van der Waals surface area contributed by atoms with Crippen LogP contribution in [0.5, 0.6) is 0 Å². The minimum Gasteiger partial charge on any atom is -0.396 e. The van der Waals surface area contributed by atoms with Gasteiger partial charge in [0, 0.05) is 6.54 Å². The second-order valence-electron chi connectivity index (χ2n) is 4.59. The van der Waals surface area contributed by atoms with E-state index in [4.69, 9.17) is 16.0 Å². The van der Waals surface area contributed by atoms with Crippen LogP contribution in [0, 0.1) is 0 Å². The molecule has 0 aromatic heterocycles. The number of hydrogen-bond acceptors (Lipinski definition) is 5. The maximum atomic E-state index is 11.4. The molecule has 0 fully saturated rings. The smallest absolute Gasteiger partial charge is 0.240 e. The maximum Gasteiger partial charge on any atom is 0.240 e. The molecule has 0 unspecified atom stereocenters. The van der Waals surface area contributed by atoms with Gasteiger partial charge in [0.15, 0.2) is 0 Å². The molecule has 0 bridgehead atoms. The fourth-order valence-corrected chi connectivity index (χ4v) is 2.59. The summed E-state index contributed by atoms with van der Waals surface area (Å²) in [5, 5.41) is 17.2. The third kappa shape index (κ3) is 3.72. The highest BCUT2D eigenvalue weighted by molar-refractivity contribution is 7.89. The summed E-state index contributed by atoms with van der Waals surface area (Å²) in [7, 11) is -3.84. The number of nitrogen functional groups attached to an aromatic ring is 1. The monoisotopic (exact) mass is 307 g/mol. The quantitative estimate of drug-likeness (QED) is 0.615. The average molecular weight is 307 g/mol. The van der Waals surface area contributed by atoms with Gasteiger partial charge < -0.3 is 16.2 Å². The first-order valence-electron chi connectivity index (χ1n) is 6.25. The Morgan fingerprint density at radius 1 is 1.05 bits per heavy atom. The van der Waals surface area contributed by atoms with E-state index in [0.717, 1.165) is 11.1 Å². The van der Waals surface area contributed by atoms with Crippen molar-refractivity contribution in [2.75, 3.05) is 11.1 Å². The summed E-state index contributed by atoms with van der Waals surface area (Å²) < 4.78 is 22.8. The van der Waals surface area contributed by atoms with Gasteiger partial charge in [0.2, 0.25) is 10.0 Å². The molecule has 112 valence electrons. The van der Waals surface area contributed by atoms with Crippen molar-refractivity contribution in [3.8, 4) is 0 Å². The molecular weight excluding hydrogens is 290 g/mol. The van der Waals surface area contributed by atoms with Crippen molar-refractivity contribution in [1.29, 1.82) is 0 Å². The van der Waals surface area contributed by atoms with Crippen molar-refractivity contribution in [1.82, 2.24) is 0 Å². The molecule has 7 heteroatoms. The zero-order chi connectivity index (χ0) is 15.5. The molecule has 2 rings (SSSR count). The predicted molar refractivity (Wildman–Crippen MR) is 81.9 cm³/mol. The van der Waals surface area contributed by atoms with Gasteiger partial charge in [0.05, 0.1) is 18.0 Å². The lowest BCUT2D eigenvalue weighted by Crippen LogP contribution is -2.15. The highest BCUT2D eigenvalue weighted by Crippen LogP contribution is 2.26. The zero-order valence-corrected chi connectivity index (χ0v) is 12.1. The standard InChI is InChI=1S/C14H17N3O3S/c15-14-12(2-1-3-13(14)21(16,19)20)17-8-10-4-6-11(9-18)7-5-10/h1-7,17-18H,8-9,15H2,(H2,16,19,20). The Labute approximate surface area is 123 Å². The normalized spacial score (nSPS) is 11.3. The first kappa shape index (κ1) is 15.3. The van der Waals surface area contributed by atoms with Gasteiger partial charge in [-0.05, 0) is 23.3 Å². The largest absolute Gasteiger partial charge is 0.396 e. The Morgan fingerprint density at radius 3 is 2.24 bits per heavy atom. The number of hydrogen-bond donors (Lipinski definition) is 4. The van der Waals surface area contributed by atoms with Crippen molar-refractivity contribution in [3.05, 3.63) is 53.6 Å². The van der Waals surface area contributed by atoms with Gasteiger partial charge >= 0.3 is 0 Å². The summed E-state index contributed by atoms with van der Waals surface area (Å²) in [5.74, 6) is 0. The number of anilines is 2. The Morgan fingerprint density at radius 2 is 1.67 bits per heavy atom. The maximum absolute atomic E-state index is 11.4. The van der Waals surface area contributed by atoms with Gasteiger partial charge in [-0.3, -0.25) is 0 Å². The summed E-state index contributed by atoms with van der Waals surface area (Å²) >= 11 is 0. The Kier molecular flexibility index (Phi) is 4.46. The molecule has 0 radical (unpaired) electrons. The van der Waals surface area contributed by atoms with Gasteiger partial charge in [-0.2, -0.15) is 0 Å². The fourth-order valence-electron chi connectivity index (χ4n) is 1.91. The summed E-state index contributed by atoms with van der Waals surface area (Å²) in [4.78, 5) is -0.0943. The van der Waals surface area contributed by atoms with Crippen molar-refractivity contribution in [2.24, 2.45) is 5.14 Å². The number of sulfonamides is 1. The van der Waals surface area contributed by atoms with Crippen LogP contribution in [-0.4, -0.2) is 13.5 Å². The number of nitrogens with two attached hydrogens (primary N) is 2. The van der Waals surface area contributed by atoms with Crippen LogP contribution in [0.3, 0.4) is 0 Å². The molecule has 0 amide bonds. The second-order valence-corrected chi connectivity index (χ2v) is 6.12. The molecule has 0 spiro atoms. The van der Waals surface area contributed by atoms with E-state index in [-0.39, 0.29) is 17.2 Å². The predicted octanol–water partition coefficient (Wildman–Crippen LogP) is 1.02.